The summed E-state index contributed by atoms with van der Waals surface area (Å²) in [6.07, 6.45) is -0.0525. The molecule has 0 amide bonds. The number of methoxy groups -OCH3 is 1. The number of unbranched alkanes of at least 4 members (excludes halogenated alkanes) is 1. The Morgan fingerprint density at radius 3 is 1.87 bits per heavy atom. The molecule has 1 fully saturated rings. The van der Waals surface area contributed by atoms with E-state index in [1.54, 1.807) is 0 Å². The van der Waals surface area contributed by atoms with Gasteiger partial charge in [-0.25, -0.2) is 0 Å². The van der Waals surface area contributed by atoms with Gasteiger partial charge in [-0.15, -0.1) is 0 Å². The van der Waals surface area contributed by atoms with Crippen molar-refractivity contribution in [1.82, 2.24) is 0 Å². The maximum absolute atomic E-state index is 13.4. The quantitative estimate of drug-likeness (QED) is 0.206. The summed E-state index contributed by atoms with van der Waals surface area (Å²) < 4.78 is 92.4. The van der Waals surface area contributed by atoms with Crippen molar-refractivity contribution in [2.24, 2.45) is 23.7 Å². The molecule has 0 aliphatic heterocycles. The van der Waals surface area contributed by atoms with Crippen LogP contribution in [0.5, 0.6) is 0 Å². The summed E-state index contributed by atoms with van der Waals surface area (Å²) in [5.41, 5.74) is 0. The lowest BCUT2D eigenvalue weighted by Gasteiger charge is -2.38. The van der Waals surface area contributed by atoms with E-state index in [1.807, 2.05) is 13.8 Å². The molecule has 0 aromatic heterocycles. The Morgan fingerprint density at radius 2 is 1.45 bits per heavy atom. The molecular formula is C19H30F4O7S. The minimum atomic E-state index is -6.26. The van der Waals surface area contributed by atoms with Gasteiger partial charge in [0.2, 0.25) is 0 Å². The molecule has 1 rings (SSSR count). The molecule has 0 bridgehead atoms. The van der Waals surface area contributed by atoms with E-state index in [9.17, 15) is 35.6 Å². The Hall–Kier alpha value is -1.43. The maximum atomic E-state index is 13.4. The summed E-state index contributed by atoms with van der Waals surface area (Å²) >= 11 is 0. The van der Waals surface area contributed by atoms with Gasteiger partial charge in [0, 0.05) is 6.42 Å². The van der Waals surface area contributed by atoms with Crippen LogP contribution in [0.4, 0.5) is 17.6 Å². The van der Waals surface area contributed by atoms with E-state index in [4.69, 9.17) is 14.0 Å². The van der Waals surface area contributed by atoms with Crippen molar-refractivity contribution in [3.05, 3.63) is 0 Å². The van der Waals surface area contributed by atoms with Crippen molar-refractivity contribution in [3.63, 3.8) is 0 Å². The molecule has 12 heteroatoms. The first kappa shape index (κ1) is 27.6. The van der Waals surface area contributed by atoms with Crippen LogP contribution in [0.15, 0.2) is 0 Å². The molecule has 4 unspecified atom stereocenters. The number of esters is 2. The fourth-order valence-electron chi connectivity index (χ4n) is 4.06. The molecule has 1 aliphatic rings. The van der Waals surface area contributed by atoms with Crippen LogP contribution in [0.2, 0.25) is 0 Å². The van der Waals surface area contributed by atoms with Crippen molar-refractivity contribution in [1.29, 1.82) is 0 Å². The summed E-state index contributed by atoms with van der Waals surface area (Å²) in [6.45, 7) is 3.48. The third-order valence-corrected chi connectivity index (χ3v) is 6.93. The second-order valence-electron chi connectivity index (χ2n) is 7.87. The Bertz CT molecular complexity index is 727. The van der Waals surface area contributed by atoms with E-state index >= 15 is 0 Å². The zero-order chi connectivity index (χ0) is 24.0. The van der Waals surface area contributed by atoms with Crippen LogP contribution >= 0.6 is 0 Å². The Labute approximate surface area is 179 Å². The number of hydrogen-bond acceptors (Lipinski definition) is 6. The van der Waals surface area contributed by atoms with E-state index in [0.29, 0.717) is 25.7 Å². The smallest absolute Gasteiger partial charge is 0.431 e. The van der Waals surface area contributed by atoms with Crippen LogP contribution in [0.1, 0.15) is 58.8 Å². The topological polar surface area (TPSA) is 107 Å². The highest BCUT2D eigenvalue weighted by Crippen LogP contribution is 2.43. The molecule has 31 heavy (non-hydrogen) atoms. The number of alkyl halides is 4. The molecule has 0 saturated heterocycles. The summed E-state index contributed by atoms with van der Waals surface area (Å²) in [5.74, 6) is -6.77. The Balaban J connectivity index is 2.60. The number of rotatable bonds is 11. The number of ether oxygens (including phenoxy) is 2. The van der Waals surface area contributed by atoms with E-state index in [2.05, 4.69) is 0 Å². The van der Waals surface area contributed by atoms with Crippen LogP contribution in [0.25, 0.3) is 0 Å². The minimum absolute atomic E-state index is 0.0610. The molecule has 1 N–H and O–H groups in total. The molecule has 182 valence electrons. The average molecular weight is 479 g/mol. The molecule has 0 aromatic carbocycles. The van der Waals surface area contributed by atoms with Gasteiger partial charge >= 0.3 is 33.2 Å². The van der Waals surface area contributed by atoms with E-state index in [1.165, 1.54) is 7.11 Å². The Morgan fingerprint density at radius 1 is 0.968 bits per heavy atom. The zero-order valence-corrected chi connectivity index (χ0v) is 18.6. The molecule has 1 saturated carbocycles. The normalized spacial score (nSPS) is 25.2. The van der Waals surface area contributed by atoms with Gasteiger partial charge in [-0.05, 0) is 37.5 Å². The largest absolute Gasteiger partial charge is 0.469 e. The van der Waals surface area contributed by atoms with Gasteiger partial charge in [-0.2, -0.15) is 26.0 Å². The van der Waals surface area contributed by atoms with Crippen LogP contribution in [0, 0.1) is 23.7 Å². The lowest BCUT2D eigenvalue weighted by atomic mass is 9.66. The first-order valence-corrected chi connectivity index (χ1v) is 11.6. The molecule has 7 nitrogen and oxygen atoms in total. The molecule has 0 radical (unpaired) electrons. The molecular weight excluding hydrogens is 448 g/mol. The van der Waals surface area contributed by atoms with Crippen LogP contribution in [0.3, 0.4) is 0 Å². The van der Waals surface area contributed by atoms with Crippen molar-refractivity contribution in [3.8, 4) is 0 Å². The standard InChI is InChI=1S/C19H30F4O7S/c1-4-12-11-15(13(5-2)10-14(12)16(24)29-3)17(25)30-9-7-6-8-18(20,21)19(22,23)31(26,27)28/h12-15H,4-11H2,1-3H3,(H,26,27,28). The SMILES string of the molecule is CCC1CC(C(=O)OCCCCC(F)(F)C(F)(F)S(=O)(=O)O)C(CC)CC1C(=O)OC. The monoisotopic (exact) mass is 478 g/mol. The molecule has 0 aromatic rings. The second kappa shape index (κ2) is 10.9. The fourth-order valence-corrected chi connectivity index (χ4v) is 4.54. The summed E-state index contributed by atoms with van der Waals surface area (Å²) in [4.78, 5) is 24.5. The van der Waals surface area contributed by atoms with Gasteiger partial charge in [0.05, 0.1) is 25.6 Å². The second-order valence-corrected chi connectivity index (χ2v) is 9.33. The van der Waals surface area contributed by atoms with E-state index in [-0.39, 0.29) is 36.8 Å². The van der Waals surface area contributed by atoms with Crippen molar-refractivity contribution < 1.29 is 49.6 Å². The van der Waals surface area contributed by atoms with Gasteiger partial charge in [0.15, 0.2) is 0 Å². The number of hydrogen-bond donors (Lipinski definition) is 1. The Kier molecular flexibility index (Phi) is 9.73. The number of halogens is 4. The van der Waals surface area contributed by atoms with Crippen molar-refractivity contribution in [2.45, 2.75) is 70.0 Å². The minimum Gasteiger partial charge on any atom is -0.469 e. The average Bonchev–Trinajstić information content (AvgIpc) is 2.70. The summed E-state index contributed by atoms with van der Waals surface area (Å²) in [7, 11) is -4.95. The highest BCUT2D eigenvalue weighted by Gasteiger charge is 2.64. The van der Waals surface area contributed by atoms with Crippen molar-refractivity contribution >= 4 is 22.1 Å². The maximum Gasteiger partial charge on any atom is 0.431 e. The predicted molar refractivity (Wildman–Crippen MR) is 102 cm³/mol. The van der Waals surface area contributed by atoms with E-state index in [0.717, 1.165) is 0 Å². The van der Waals surface area contributed by atoms with Gasteiger partial charge in [0.25, 0.3) is 0 Å². The third kappa shape index (κ3) is 6.53. The highest BCUT2D eigenvalue weighted by atomic mass is 32.2. The first-order chi connectivity index (χ1) is 14.2. The number of carbonyl (C=O) groups is 2. The predicted octanol–water partition coefficient (Wildman–Crippen LogP) is 4.07. The van der Waals surface area contributed by atoms with Crippen molar-refractivity contribution in [2.75, 3.05) is 13.7 Å². The van der Waals surface area contributed by atoms with Crippen LogP contribution in [-0.4, -0.2) is 49.8 Å². The summed E-state index contributed by atoms with van der Waals surface area (Å²) in [6, 6.07) is 0. The molecule has 0 heterocycles. The van der Waals surface area contributed by atoms with Gasteiger partial charge in [-0.3, -0.25) is 14.1 Å². The van der Waals surface area contributed by atoms with Crippen LogP contribution in [-0.2, 0) is 29.2 Å². The first-order valence-electron chi connectivity index (χ1n) is 10.2. The van der Waals surface area contributed by atoms with Gasteiger partial charge in [0.1, 0.15) is 0 Å². The zero-order valence-electron chi connectivity index (χ0n) is 17.8. The molecule has 1 aliphatic carbocycles. The third-order valence-electron chi connectivity index (χ3n) is 5.99. The summed E-state index contributed by atoms with van der Waals surface area (Å²) in [5, 5.41) is -5.60. The van der Waals surface area contributed by atoms with E-state index < -0.39 is 46.0 Å². The molecule has 0 spiro atoms. The van der Waals surface area contributed by atoms with Gasteiger partial charge in [-0.1, -0.05) is 26.7 Å². The number of carbonyl (C=O) groups excluding carboxylic acids is 2. The lowest BCUT2D eigenvalue weighted by molar-refractivity contribution is -0.166. The highest BCUT2D eigenvalue weighted by molar-refractivity contribution is 7.87. The molecule has 4 atom stereocenters. The van der Waals surface area contributed by atoms with Gasteiger partial charge < -0.3 is 9.47 Å². The van der Waals surface area contributed by atoms with Crippen LogP contribution < -0.4 is 0 Å². The fraction of sp³-hybridized carbons (Fsp3) is 0.895. The lowest BCUT2D eigenvalue weighted by Crippen LogP contribution is -2.46.